The van der Waals surface area contributed by atoms with Gasteiger partial charge in [0.05, 0.1) is 16.6 Å². The number of para-hydroxylation sites is 2. The molecule has 2 aromatic carbocycles. The summed E-state index contributed by atoms with van der Waals surface area (Å²) in [5.41, 5.74) is 2.51. The van der Waals surface area contributed by atoms with Crippen molar-refractivity contribution in [3.8, 4) is 11.1 Å². The second kappa shape index (κ2) is 15.2. The molecule has 12 nitrogen and oxygen atoms in total. The maximum atomic E-state index is 13.9. The number of hydrogen-bond acceptors (Lipinski definition) is 7. The van der Waals surface area contributed by atoms with Crippen molar-refractivity contribution in [1.29, 1.82) is 0 Å². The van der Waals surface area contributed by atoms with E-state index in [2.05, 4.69) is 16.0 Å². The molecule has 4 aromatic rings. The van der Waals surface area contributed by atoms with E-state index in [0.717, 1.165) is 52.8 Å². The van der Waals surface area contributed by atoms with Crippen LogP contribution in [0.5, 0.6) is 0 Å². The summed E-state index contributed by atoms with van der Waals surface area (Å²) in [6, 6.07) is 15.0. The number of aromatic nitrogens is 4. The van der Waals surface area contributed by atoms with Crippen molar-refractivity contribution in [3.05, 3.63) is 87.0 Å². The third-order valence-corrected chi connectivity index (χ3v) is 8.89. The second-order valence-corrected chi connectivity index (χ2v) is 13.9. The molecule has 1 fully saturated rings. The van der Waals surface area contributed by atoms with E-state index in [4.69, 9.17) is 14.5 Å². The van der Waals surface area contributed by atoms with E-state index in [1.54, 1.807) is 34.9 Å². The first-order valence-corrected chi connectivity index (χ1v) is 16.9. The number of hydrogen-bond donors (Lipinski definition) is 1. The summed E-state index contributed by atoms with van der Waals surface area (Å²) >= 11 is 0. The largest absolute Gasteiger partial charge is 0.444 e. The first-order chi connectivity index (χ1) is 23.3. The van der Waals surface area contributed by atoms with Crippen LogP contribution in [0.4, 0.5) is 4.79 Å². The van der Waals surface area contributed by atoms with Crippen LogP contribution in [0.25, 0.3) is 22.2 Å². The molecule has 1 saturated heterocycles. The summed E-state index contributed by atoms with van der Waals surface area (Å²) in [7, 11) is 4.76. The Kier molecular flexibility index (Phi) is 11.1. The van der Waals surface area contributed by atoms with Gasteiger partial charge in [0.25, 0.3) is 5.56 Å². The van der Waals surface area contributed by atoms with Gasteiger partial charge in [-0.2, -0.15) is 0 Å². The number of alkyl carbamates (subject to hydrolysis) is 1. The summed E-state index contributed by atoms with van der Waals surface area (Å²) in [5.74, 6) is 1.03. The highest BCUT2D eigenvalue weighted by Crippen LogP contribution is 2.30. The standard InChI is InChI=1S/C37H48N6O6/c1-37(2,3)49-35(46)38-28(21-25-14-16-26(17-15-25)29-24-40(4)36(47)41(5)34(29)45)22-32(44)42-18-9-11-27(23-42)33-39-30-12-7-8-13-31(30)43(33)19-10-20-48-6/h7-8,12-17,24,27-28H,9-11,18-23H2,1-6H3,(H,38,46)/t27-,28-/m1/s1. The van der Waals surface area contributed by atoms with Crippen molar-refractivity contribution in [3.63, 3.8) is 0 Å². The molecule has 2 atom stereocenters. The van der Waals surface area contributed by atoms with E-state index in [-0.39, 0.29) is 23.8 Å². The van der Waals surface area contributed by atoms with Gasteiger partial charge in [0.15, 0.2) is 0 Å². The van der Waals surface area contributed by atoms with Crippen LogP contribution in [0.1, 0.15) is 63.8 Å². The lowest BCUT2D eigenvalue weighted by Crippen LogP contribution is -2.46. The maximum absolute atomic E-state index is 13.9. The molecule has 0 aliphatic carbocycles. The maximum Gasteiger partial charge on any atom is 0.407 e. The van der Waals surface area contributed by atoms with Crippen LogP contribution in [0, 0.1) is 0 Å². The highest BCUT2D eigenvalue weighted by atomic mass is 16.6. The van der Waals surface area contributed by atoms with E-state index in [1.807, 2.05) is 47.4 Å². The number of aryl methyl sites for hydroxylation is 2. The highest BCUT2D eigenvalue weighted by Gasteiger charge is 2.30. The minimum absolute atomic E-state index is 0.0434. The fourth-order valence-electron chi connectivity index (χ4n) is 6.52. The molecule has 12 heteroatoms. The number of benzene rings is 2. The van der Waals surface area contributed by atoms with Crippen LogP contribution in [0.2, 0.25) is 0 Å². The first kappa shape index (κ1) is 35.6. The number of ether oxygens (including phenoxy) is 2. The quantitative estimate of drug-likeness (QED) is 0.234. The summed E-state index contributed by atoms with van der Waals surface area (Å²) < 4.78 is 15.6. The molecule has 2 amide bonds. The molecule has 2 aromatic heterocycles. The van der Waals surface area contributed by atoms with Crippen LogP contribution in [-0.2, 0) is 41.3 Å². The Morgan fingerprint density at radius 3 is 2.51 bits per heavy atom. The molecule has 0 spiro atoms. The summed E-state index contributed by atoms with van der Waals surface area (Å²) in [6.07, 6.45) is 4.07. The lowest BCUT2D eigenvalue weighted by atomic mass is 9.95. The number of amides is 2. The van der Waals surface area contributed by atoms with Gasteiger partial charge in [-0.25, -0.2) is 14.6 Å². The van der Waals surface area contributed by atoms with Gasteiger partial charge in [0, 0.05) is 72.0 Å². The number of methoxy groups -OCH3 is 1. The third-order valence-electron chi connectivity index (χ3n) is 8.89. The molecule has 0 bridgehead atoms. The van der Waals surface area contributed by atoms with Crippen LogP contribution in [0.15, 0.2) is 64.3 Å². The first-order valence-electron chi connectivity index (χ1n) is 16.9. The average molecular weight is 673 g/mol. The number of nitrogens with one attached hydrogen (secondary N) is 1. The van der Waals surface area contributed by atoms with E-state index >= 15 is 0 Å². The zero-order valence-corrected chi connectivity index (χ0v) is 29.4. The Morgan fingerprint density at radius 2 is 1.80 bits per heavy atom. The zero-order valence-electron chi connectivity index (χ0n) is 29.4. The van der Waals surface area contributed by atoms with Crippen molar-refractivity contribution in [2.45, 2.75) is 77.0 Å². The van der Waals surface area contributed by atoms with Crippen LogP contribution in [0.3, 0.4) is 0 Å². The number of likely N-dealkylation sites (tertiary alicyclic amines) is 1. The zero-order chi connectivity index (χ0) is 35.3. The minimum atomic E-state index is -0.697. The summed E-state index contributed by atoms with van der Waals surface area (Å²) in [4.78, 5) is 58.7. The van der Waals surface area contributed by atoms with Crippen molar-refractivity contribution in [2.24, 2.45) is 14.1 Å². The number of nitrogens with zero attached hydrogens (tertiary/aromatic N) is 5. The molecule has 1 aliphatic heterocycles. The Balaban J connectivity index is 1.33. The number of fused-ring (bicyclic) bond motifs is 1. The van der Waals surface area contributed by atoms with Crippen LogP contribution < -0.4 is 16.6 Å². The van der Waals surface area contributed by atoms with Gasteiger partial charge in [-0.3, -0.25) is 14.2 Å². The highest BCUT2D eigenvalue weighted by molar-refractivity contribution is 5.79. The molecule has 1 N–H and O–H groups in total. The van der Waals surface area contributed by atoms with Crippen molar-refractivity contribution >= 4 is 23.0 Å². The molecule has 49 heavy (non-hydrogen) atoms. The van der Waals surface area contributed by atoms with Crippen molar-refractivity contribution in [1.82, 2.24) is 28.9 Å². The predicted molar refractivity (Wildman–Crippen MR) is 189 cm³/mol. The number of rotatable bonds is 11. The Labute approximate surface area is 286 Å². The van der Waals surface area contributed by atoms with Gasteiger partial charge in [-0.15, -0.1) is 0 Å². The third kappa shape index (κ3) is 8.66. The van der Waals surface area contributed by atoms with Gasteiger partial charge >= 0.3 is 11.8 Å². The fraction of sp³-hybridized carbons (Fsp3) is 0.486. The smallest absolute Gasteiger partial charge is 0.407 e. The molecule has 262 valence electrons. The van der Waals surface area contributed by atoms with E-state index in [1.165, 1.54) is 17.8 Å². The van der Waals surface area contributed by atoms with Gasteiger partial charge in [0.2, 0.25) is 5.91 Å². The van der Waals surface area contributed by atoms with Gasteiger partial charge in [0.1, 0.15) is 11.4 Å². The predicted octanol–water partition coefficient (Wildman–Crippen LogP) is 4.37. The summed E-state index contributed by atoms with van der Waals surface area (Å²) in [5, 5.41) is 2.94. The molecule has 0 unspecified atom stereocenters. The summed E-state index contributed by atoms with van der Waals surface area (Å²) in [6.45, 7) is 8.02. The minimum Gasteiger partial charge on any atom is -0.444 e. The lowest BCUT2D eigenvalue weighted by molar-refractivity contribution is -0.133. The number of imidazole rings is 1. The molecule has 0 saturated carbocycles. The molecule has 0 radical (unpaired) electrons. The van der Waals surface area contributed by atoms with Crippen molar-refractivity contribution < 1.29 is 19.1 Å². The van der Waals surface area contributed by atoms with Crippen LogP contribution in [-0.4, -0.2) is 74.0 Å². The monoisotopic (exact) mass is 672 g/mol. The topological polar surface area (TPSA) is 130 Å². The molecular weight excluding hydrogens is 624 g/mol. The lowest BCUT2D eigenvalue weighted by Gasteiger charge is -2.34. The van der Waals surface area contributed by atoms with Gasteiger partial charge < -0.3 is 28.8 Å². The van der Waals surface area contributed by atoms with Crippen molar-refractivity contribution in [2.75, 3.05) is 26.8 Å². The van der Waals surface area contributed by atoms with E-state index < -0.39 is 23.4 Å². The Bertz CT molecular complexity index is 1900. The van der Waals surface area contributed by atoms with Gasteiger partial charge in [-0.05, 0) is 69.7 Å². The fourth-order valence-corrected chi connectivity index (χ4v) is 6.52. The Hall–Kier alpha value is -4.71. The van der Waals surface area contributed by atoms with E-state index in [0.29, 0.717) is 37.2 Å². The normalized spacial score (nSPS) is 15.7. The molecule has 1 aliphatic rings. The molecule has 5 rings (SSSR count). The average Bonchev–Trinajstić information content (AvgIpc) is 3.43. The number of carbonyl (C=O) groups excluding carboxylic acids is 2. The number of piperidine rings is 1. The SMILES string of the molecule is COCCCn1c([C@@H]2CCCN(C(=O)C[C@@H](Cc3ccc(-c4cn(C)c(=O)n(C)c4=O)cc3)NC(=O)OC(C)(C)C)C2)nc2ccccc21. The Morgan fingerprint density at radius 1 is 1.06 bits per heavy atom. The second-order valence-electron chi connectivity index (χ2n) is 13.9. The van der Waals surface area contributed by atoms with Gasteiger partial charge in [-0.1, -0.05) is 36.4 Å². The molecule has 3 heterocycles. The number of carbonyl (C=O) groups is 2. The molecular formula is C37H48N6O6. The van der Waals surface area contributed by atoms with E-state index in [9.17, 15) is 19.2 Å². The van der Waals surface area contributed by atoms with Crippen LogP contribution >= 0.6 is 0 Å².